The molecule has 1 amide bonds. The van der Waals surface area contributed by atoms with Gasteiger partial charge in [0.2, 0.25) is 0 Å². The van der Waals surface area contributed by atoms with E-state index in [1.165, 1.54) is 23.0 Å². The van der Waals surface area contributed by atoms with Crippen LogP contribution in [0, 0.1) is 0 Å². The number of nitrogens with one attached hydrogen (secondary N) is 1. The molecule has 3 nitrogen and oxygen atoms in total. The van der Waals surface area contributed by atoms with Gasteiger partial charge in [0.1, 0.15) is 4.32 Å². The van der Waals surface area contributed by atoms with Gasteiger partial charge >= 0.3 is 0 Å². The number of anilines is 1. The van der Waals surface area contributed by atoms with Crippen LogP contribution in [0.25, 0.3) is 6.08 Å². The monoisotopic (exact) mass is 354 g/mol. The van der Waals surface area contributed by atoms with Crippen LogP contribution in [0.15, 0.2) is 59.5 Å². The number of carbonyl (C=O) groups excluding carboxylic acids is 1. The Morgan fingerprint density at radius 2 is 1.83 bits per heavy atom. The minimum absolute atomic E-state index is 0.117. The quantitative estimate of drug-likeness (QED) is 0.644. The Bertz CT molecular complexity index is 770. The van der Waals surface area contributed by atoms with Crippen molar-refractivity contribution in [3.8, 4) is 0 Å². The number of thioether (sulfide) groups is 1. The summed E-state index contributed by atoms with van der Waals surface area (Å²) in [7, 11) is 0. The van der Waals surface area contributed by atoms with Crippen LogP contribution < -0.4 is 10.2 Å². The average molecular weight is 354 g/mol. The number of rotatable bonds is 5. The lowest BCUT2D eigenvalue weighted by atomic mass is 10.1. The van der Waals surface area contributed by atoms with Crippen LogP contribution in [0.5, 0.6) is 0 Å². The van der Waals surface area contributed by atoms with E-state index < -0.39 is 0 Å². The normalized spacial score (nSPS) is 15.6. The van der Waals surface area contributed by atoms with E-state index in [1.54, 1.807) is 0 Å². The highest BCUT2D eigenvalue weighted by atomic mass is 32.2. The molecule has 2 aromatic rings. The van der Waals surface area contributed by atoms with Gasteiger partial charge in [0.25, 0.3) is 5.91 Å². The van der Waals surface area contributed by atoms with E-state index in [-0.39, 0.29) is 5.91 Å². The van der Waals surface area contributed by atoms with Gasteiger partial charge in [-0.05, 0) is 36.3 Å². The largest absolute Gasteiger partial charge is 0.367 e. The highest BCUT2D eigenvalue weighted by Gasteiger charge is 2.21. The first kappa shape index (κ1) is 16.7. The zero-order valence-corrected chi connectivity index (χ0v) is 15.0. The van der Waals surface area contributed by atoms with Crippen molar-refractivity contribution in [2.24, 2.45) is 0 Å². The van der Waals surface area contributed by atoms with Crippen molar-refractivity contribution in [2.75, 3.05) is 11.4 Å². The summed E-state index contributed by atoms with van der Waals surface area (Å²) < 4.78 is 0.517. The minimum atomic E-state index is -0.117. The Balaban J connectivity index is 1.74. The third-order valence-corrected chi connectivity index (χ3v) is 4.96. The molecule has 1 aliphatic rings. The molecule has 1 fully saturated rings. The first-order chi connectivity index (χ1) is 11.7. The number of hydrogen-bond acceptors (Lipinski definition) is 4. The fourth-order valence-corrected chi connectivity index (χ4v) is 3.59. The number of nitrogens with zero attached hydrogens (tertiary/aromatic N) is 1. The number of amides is 1. The molecule has 0 aliphatic carbocycles. The minimum Gasteiger partial charge on any atom is -0.367 e. The van der Waals surface area contributed by atoms with Gasteiger partial charge in [0.05, 0.1) is 4.91 Å². The average Bonchev–Trinajstić information content (AvgIpc) is 2.92. The highest BCUT2D eigenvalue weighted by molar-refractivity contribution is 8.26. The molecule has 0 spiro atoms. The molecule has 1 aliphatic heterocycles. The fraction of sp³-hybridized carbons (Fsp3) is 0.158. The smallest absolute Gasteiger partial charge is 0.263 e. The van der Waals surface area contributed by atoms with Crippen LogP contribution in [0.4, 0.5) is 5.69 Å². The molecule has 2 aromatic carbocycles. The molecule has 24 heavy (non-hydrogen) atoms. The van der Waals surface area contributed by atoms with Gasteiger partial charge in [-0.15, -0.1) is 0 Å². The van der Waals surface area contributed by atoms with Crippen molar-refractivity contribution >= 4 is 46.0 Å². The van der Waals surface area contributed by atoms with Gasteiger partial charge in [0, 0.05) is 18.8 Å². The Morgan fingerprint density at radius 1 is 1.12 bits per heavy atom. The van der Waals surface area contributed by atoms with E-state index in [1.807, 2.05) is 24.3 Å². The summed E-state index contributed by atoms with van der Waals surface area (Å²) in [4.78, 5) is 14.7. The third-order valence-electron chi connectivity index (χ3n) is 3.80. The van der Waals surface area contributed by atoms with Gasteiger partial charge in [-0.1, -0.05) is 66.4 Å². The molecule has 1 saturated heterocycles. The van der Waals surface area contributed by atoms with E-state index in [4.69, 9.17) is 12.2 Å². The molecule has 5 heteroatoms. The number of carbonyl (C=O) groups is 1. The Kier molecular flexibility index (Phi) is 5.33. The zero-order valence-electron chi connectivity index (χ0n) is 13.4. The summed E-state index contributed by atoms with van der Waals surface area (Å²) in [5.41, 5.74) is 3.46. The van der Waals surface area contributed by atoms with Crippen LogP contribution in [0.2, 0.25) is 0 Å². The molecular formula is C19H18N2OS2. The first-order valence-electron chi connectivity index (χ1n) is 7.79. The maximum Gasteiger partial charge on any atom is 0.263 e. The van der Waals surface area contributed by atoms with Gasteiger partial charge < -0.3 is 10.2 Å². The van der Waals surface area contributed by atoms with Crippen LogP contribution in [0.3, 0.4) is 0 Å². The van der Waals surface area contributed by atoms with E-state index in [2.05, 4.69) is 53.5 Å². The SMILES string of the molecule is CCN(Cc1ccccc1)c1ccc(/C=C2/SC(=S)NC2=O)cc1. The van der Waals surface area contributed by atoms with E-state index in [9.17, 15) is 4.79 Å². The molecule has 0 unspecified atom stereocenters. The number of hydrogen-bond donors (Lipinski definition) is 1. The molecular weight excluding hydrogens is 336 g/mol. The van der Waals surface area contributed by atoms with Crippen molar-refractivity contribution in [1.29, 1.82) is 0 Å². The number of thiocarbonyl (C=S) groups is 1. The maximum absolute atomic E-state index is 11.7. The van der Waals surface area contributed by atoms with Crippen molar-refractivity contribution in [3.05, 3.63) is 70.6 Å². The topological polar surface area (TPSA) is 32.3 Å². The van der Waals surface area contributed by atoms with Crippen molar-refractivity contribution in [1.82, 2.24) is 5.32 Å². The van der Waals surface area contributed by atoms with Crippen LogP contribution in [0.1, 0.15) is 18.1 Å². The van der Waals surface area contributed by atoms with Crippen molar-refractivity contribution < 1.29 is 4.79 Å². The molecule has 1 heterocycles. The van der Waals surface area contributed by atoms with Crippen LogP contribution in [-0.4, -0.2) is 16.8 Å². The molecule has 0 atom stereocenters. The Morgan fingerprint density at radius 3 is 2.42 bits per heavy atom. The molecule has 0 bridgehead atoms. The molecule has 1 N–H and O–H groups in total. The molecule has 0 saturated carbocycles. The summed E-state index contributed by atoms with van der Waals surface area (Å²) in [6.45, 7) is 3.96. The molecule has 0 aromatic heterocycles. The second kappa shape index (κ2) is 7.64. The van der Waals surface area contributed by atoms with Crippen molar-refractivity contribution in [3.63, 3.8) is 0 Å². The lowest BCUT2D eigenvalue weighted by Crippen LogP contribution is -2.21. The lowest BCUT2D eigenvalue weighted by Gasteiger charge is -2.23. The summed E-state index contributed by atoms with van der Waals surface area (Å²) in [6.07, 6.45) is 1.87. The third kappa shape index (κ3) is 4.04. The molecule has 3 rings (SSSR count). The standard InChI is InChI=1S/C19H18N2OS2/c1-2-21(13-15-6-4-3-5-7-15)16-10-8-14(9-11-16)12-17-18(22)20-19(23)24-17/h3-12H,2,13H2,1H3,(H,20,22,23)/b17-12+. The van der Waals surface area contributed by atoms with Gasteiger partial charge in [-0.3, -0.25) is 4.79 Å². The van der Waals surface area contributed by atoms with Crippen LogP contribution >= 0.6 is 24.0 Å². The van der Waals surface area contributed by atoms with E-state index in [0.717, 1.165) is 18.7 Å². The summed E-state index contributed by atoms with van der Waals surface area (Å²) in [5, 5.41) is 2.63. The fourth-order valence-electron chi connectivity index (χ4n) is 2.54. The highest BCUT2D eigenvalue weighted by Crippen LogP contribution is 2.26. The van der Waals surface area contributed by atoms with E-state index >= 15 is 0 Å². The second-order valence-corrected chi connectivity index (χ2v) is 7.16. The summed E-state index contributed by atoms with van der Waals surface area (Å²) >= 11 is 6.31. The summed E-state index contributed by atoms with van der Waals surface area (Å²) in [5.74, 6) is -0.117. The predicted molar refractivity (Wildman–Crippen MR) is 106 cm³/mol. The Hall–Kier alpha value is -2.11. The zero-order chi connectivity index (χ0) is 16.9. The molecule has 122 valence electrons. The van der Waals surface area contributed by atoms with Gasteiger partial charge in [-0.2, -0.15) is 0 Å². The van der Waals surface area contributed by atoms with Crippen LogP contribution in [-0.2, 0) is 11.3 Å². The second-order valence-electron chi connectivity index (χ2n) is 5.44. The maximum atomic E-state index is 11.7. The van der Waals surface area contributed by atoms with Gasteiger partial charge in [0.15, 0.2) is 0 Å². The summed E-state index contributed by atoms with van der Waals surface area (Å²) in [6, 6.07) is 18.7. The van der Waals surface area contributed by atoms with E-state index in [0.29, 0.717) is 9.23 Å². The number of benzene rings is 2. The predicted octanol–water partition coefficient (Wildman–Crippen LogP) is 4.20. The molecule has 0 radical (unpaired) electrons. The first-order valence-corrected chi connectivity index (χ1v) is 9.02. The van der Waals surface area contributed by atoms with Gasteiger partial charge in [-0.25, -0.2) is 0 Å². The Labute approximate surface area is 151 Å². The lowest BCUT2D eigenvalue weighted by molar-refractivity contribution is -0.115. The van der Waals surface area contributed by atoms with Crippen molar-refractivity contribution in [2.45, 2.75) is 13.5 Å².